The van der Waals surface area contributed by atoms with Gasteiger partial charge in [-0.25, -0.2) is 0 Å². The first-order valence-corrected chi connectivity index (χ1v) is 4.99. The molecule has 1 rings (SSSR count). The number of anilines is 1. The summed E-state index contributed by atoms with van der Waals surface area (Å²) in [5.74, 6) is -0.635. The summed E-state index contributed by atoms with van der Waals surface area (Å²) in [6, 6.07) is 3.75. The van der Waals surface area contributed by atoms with E-state index in [9.17, 15) is 14.9 Å². The third-order valence-electron chi connectivity index (χ3n) is 2.09. The molecule has 1 aromatic carbocycles. The van der Waals surface area contributed by atoms with Gasteiger partial charge in [-0.2, -0.15) is 0 Å². The highest BCUT2D eigenvalue weighted by Gasteiger charge is 2.15. The molecule has 0 saturated carbocycles. The highest BCUT2D eigenvalue weighted by molar-refractivity contribution is 5.94. The molecule has 7 nitrogen and oxygen atoms in total. The smallest absolute Gasteiger partial charge is 0.292 e. The number of carbonyl (C=O) groups is 1. The van der Waals surface area contributed by atoms with E-state index in [4.69, 9.17) is 11.5 Å². The number of hydrogen-bond donors (Lipinski definition) is 3. The van der Waals surface area contributed by atoms with E-state index in [-0.39, 0.29) is 23.0 Å². The number of amides is 1. The highest BCUT2D eigenvalue weighted by atomic mass is 16.6. The number of benzene rings is 1. The molecule has 0 aliphatic carbocycles. The minimum absolute atomic E-state index is 0.115. The van der Waals surface area contributed by atoms with E-state index in [0.717, 1.165) is 0 Å². The fourth-order valence-corrected chi connectivity index (χ4v) is 1.26. The Morgan fingerprint density at radius 3 is 2.71 bits per heavy atom. The molecule has 1 aromatic rings. The van der Waals surface area contributed by atoms with Crippen LogP contribution in [0, 0.1) is 10.1 Å². The van der Waals surface area contributed by atoms with E-state index in [1.807, 2.05) is 0 Å². The summed E-state index contributed by atoms with van der Waals surface area (Å²) in [5.41, 5.74) is 11.0. The molecule has 0 heterocycles. The van der Waals surface area contributed by atoms with Crippen LogP contribution in [0.5, 0.6) is 0 Å². The van der Waals surface area contributed by atoms with Crippen LogP contribution in [-0.2, 0) is 0 Å². The molecule has 0 spiro atoms. The number of nitro benzene ring substituents is 1. The molecule has 0 radical (unpaired) electrons. The van der Waals surface area contributed by atoms with Crippen molar-refractivity contribution < 1.29 is 9.72 Å². The minimum atomic E-state index is -0.635. The Labute approximate surface area is 97.9 Å². The summed E-state index contributed by atoms with van der Waals surface area (Å²) < 4.78 is 0. The number of hydrogen-bond acceptors (Lipinski definition) is 5. The molecule has 0 saturated heterocycles. The van der Waals surface area contributed by atoms with Gasteiger partial charge in [0.15, 0.2) is 0 Å². The number of nitrogens with zero attached hydrogens (tertiary/aromatic N) is 1. The minimum Gasteiger partial charge on any atom is -0.378 e. The van der Waals surface area contributed by atoms with Gasteiger partial charge in [-0.05, 0) is 19.1 Å². The van der Waals surface area contributed by atoms with Crippen molar-refractivity contribution in [3.8, 4) is 0 Å². The van der Waals surface area contributed by atoms with Crippen molar-refractivity contribution in [3.63, 3.8) is 0 Å². The number of carbonyl (C=O) groups excluding carboxylic acids is 1. The lowest BCUT2D eigenvalue weighted by molar-refractivity contribution is -0.384. The van der Waals surface area contributed by atoms with Gasteiger partial charge in [-0.15, -0.1) is 0 Å². The maximum Gasteiger partial charge on any atom is 0.292 e. The molecule has 0 fully saturated rings. The van der Waals surface area contributed by atoms with E-state index >= 15 is 0 Å². The maximum absolute atomic E-state index is 11.0. The van der Waals surface area contributed by atoms with Crippen LogP contribution in [0.2, 0.25) is 0 Å². The predicted molar refractivity (Wildman–Crippen MR) is 63.8 cm³/mol. The van der Waals surface area contributed by atoms with Crippen molar-refractivity contribution in [1.82, 2.24) is 0 Å². The highest BCUT2D eigenvalue weighted by Crippen LogP contribution is 2.25. The normalized spacial score (nSPS) is 11.9. The van der Waals surface area contributed by atoms with Gasteiger partial charge in [0.1, 0.15) is 5.69 Å². The Hall–Kier alpha value is -2.15. The lowest BCUT2D eigenvalue weighted by atomic mass is 10.1. The lowest BCUT2D eigenvalue weighted by Gasteiger charge is -2.10. The van der Waals surface area contributed by atoms with Crippen molar-refractivity contribution in [3.05, 3.63) is 33.9 Å². The van der Waals surface area contributed by atoms with Crippen molar-refractivity contribution in [2.24, 2.45) is 11.5 Å². The zero-order valence-corrected chi connectivity index (χ0v) is 9.34. The average molecular weight is 238 g/mol. The van der Waals surface area contributed by atoms with E-state index in [1.165, 1.54) is 18.2 Å². The number of primary amides is 1. The Kier molecular flexibility index (Phi) is 4.00. The summed E-state index contributed by atoms with van der Waals surface area (Å²) in [6.07, 6.45) is 0. The number of nitrogens with one attached hydrogen (secondary N) is 1. The summed E-state index contributed by atoms with van der Waals surface area (Å²) in [7, 11) is 0. The van der Waals surface area contributed by atoms with Crippen molar-refractivity contribution in [2.45, 2.75) is 13.0 Å². The zero-order chi connectivity index (χ0) is 13.0. The first-order chi connectivity index (χ1) is 7.91. The molecular formula is C10H14N4O3. The van der Waals surface area contributed by atoms with Gasteiger partial charge in [0.25, 0.3) is 5.69 Å². The van der Waals surface area contributed by atoms with Gasteiger partial charge >= 0.3 is 0 Å². The van der Waals surface area contributed by atoms with Crippen LogP contribution in [0.4, 0.5) is 11.4 Å². The monoisotopic (exact) mass is 238 g/mol. The second kappa shape index (κ2) is 5.26. The summed E-state index contributed by atoms with van der Waals surface area (Å²) >= 11 is 0. The quantitative estimate of drug-likeness (QED) is 0.507. The van der Waals surface area contributed by atoms with Gasteiger partial charge in [-0.1, -0.05) is 0 Å². The van der Waals surface area contributed by atoms with Crippen molar-refractivity contribution >= 4 is 17.3 Å². The first kappa shape index (κ1) is 12.9. The molecule has 0 bridgehead atoms. The summed E-state index contributed by atoms with van der Waals surface area (Å²) in [5, 5.41) is 13.6. The van der Waals surface area contributed by atoms with Gasteiger partial charge in [0, 0.05) is 24.2 Å². The third kappa shape index (κ3) is 3.42. The van der Waals surface area contributed by atoms with Gasteiger partial charge in [0.2, 0.25) is 5.91 Å². The second-order valence-electron chi connectivity index (χ2n) is 3.71. The molecule has 92 valence electrons. The van der Waals surface area contributed by atoms with E-state index in [0.29, 0.717) is 6.54 Å². The topological polar surface area (TPSA) is 124 Å². The van der Waals surface area contributed by atoms with Crippen LogP contribution in [-0.4, -0.2) is 23.4 Å². The molecule has 5 N–H and O–H groups in total. The second-order valence-corrected chi connectivity index (χ2v) is 3.71. The third-order valence-corrected chi connectivity index (χ3v) is 2.09. The summed E-state index contributed by atoms with van der Waals surface area (Å²) in [4.78, 5) is 21.2. The molecular weight excluding hydrogens is 224 g/mol. The van der Waals surface area contributed by atoms with Crippen LogP contribution in [0.25, 0.3) is 0 Å². The van der Waals surface area contributed by atoms with Gasteiger partial charge in [-0.3, -0.25) is 14.9 Å². The average Bonchev–Trinajstić information content (AvgIpc) is 2.25. The molecule has 0 aliphatic heterocycles. The van der Waals surface area contributed by atoms with E-state index in [2.05, 4.69) is 5.32 Å². The molecule has 0 aromatic heterocycles. The Morgan fingerprint density at radius 1 is 1.59 bits per heavy atom. The van der Waals surface area contributed by atoms with E-state index < -0.39 is 10.8 Å². The van der Waals surface area contributed by atoms with Crippen molar-refractivity contribution in [2.75, 3.05) is 11.9 Å². The zero-order valence-electron chi connectivity index (χ0n) is 9.34. The Balaban J connectivity index is 3.07. The molecule has 7 heteroatoms. The predicted octanol–water partition coefficient (Wildman–Crippen LogP) is 0.453. The fraction of sp³-hybridized carbons (Fsp3) is 0.300. The lowest BCUT2D eigenvalue weighted by Crippen LogP contribution is -2.25. The molecule has 1 amide bonds. The molecule has 17 heavy (non-hydrogen) atoms. The largest absolute Gasteiger partial charge is 0.378 e. The first-order valence-electron chi connectivity index (χ1n) is 4.99. The van der Waals surface area contributed by atoms with Gasteiger partial charge in [0.05, 0.1) is 4.92 Å². The molecule has 1 unspecified atom stereocenters. The van der Waals surface area contributed by atoms with Gasteiger partial charge < -0.3 is 16.8 Å². The molecule has 0 aliphatic rings. The van der Waals surface area contributed by atoms with E-state index in [1.54, 1.807) is 6.92 Å². The number of nitro groups is 1. The summed E-state index contributed by atoms with van der Waals surface area (Å²) in [6.45, 7) is 2.12. The Bertz CT molecular complexity index is 445. The SMILES string of the molecule is CC(N)CNc1cc(C(N)=O)ccc1[N+](=O)[O-]. The fourth-order valence-electron chi connectivity index (χ4n) is 1.26. The van der Waals surface area contributed by atoms with Crippen LogP contribution in [0.15, 0.2) is 18.2 Å². The van der Waals surface area contributed by atoms with Crippen LogP contribution < -0.4 is 16.8 Å². The number of nitrogens with two attached hydrogens (primary N) is 2. The standard InChI is InChI=1S/C10H14N4O3/c1-6(11)5-13-8-4-7(10(12)15)2-3-9(8)14(16)17/h2-4,6,13H,5,11H2,1H3,(H2,12,15). The van der Waals surface area contributed by atoms with Crippen LogP contribution in [0.1, 0.15) is 17.3 Å². The van der Waals surface area contributed by atoms with Crippen LogP contribution >= 0.6 is 0 Å². The Morgan fingerprint density at radius 2 is 2.24 bits per heavy atom. The molecule has 1 atom stereocenters. The maximum atomic E-state index is 11.0. The number of rotatable bonds is 5. The van der Waals surface area contributed by atoms with Crippen molar-refractivity contribution in [1.29, 1.82) is 0 Å². The van der Waals surface area contributed by atoms with Crippen LogP contribution in [0.3, 0.4) is 0 Å².